The third-order valence-corrected chi connectivity index (χ3v) is 3.62. The summed E-state index contributed by atoms with van der Waals surface area (Å²) in [6, 6.07) is 7.63. The first-order valence-electron chi connectivity index (χ1n) is 6.54. The molecule has 0 spiro atoms. The number of halogens is 1. The summed E-state index contributed by atoms with van der Waals surface area (Å²) < 4.78 is 5.81. The second kappa shape index (κ2) is 6.26. The van der Waals surface area contributed by atoms with Crippen LogP contribution in [0.15, 0.2) is 24.3 Å². The summed E-state index contributed by atoms with van der Waals surface area (Å²) in [5, 5.41) is 3.51. The Bertz CT molecular complexity index is 453. The molecule has 1 aromatic rings. The van der Waals surface area contributed by atoms with Crippen molar-refractivity contribution in [2.24, 2.45) is 0 Å². The molecular formula is C14H19ClN2O2. The van der Waals surface area contributed by atoms with Gasteiger partial charge < -0.3 is 15.0 Å². The molecule has 2 atom stereocenters. The maximum Gasteiger partial charge on any atom is 0.317 e. The van der Waals surface area contributed by atoms with E-state index in [2.05, 4.69) is 5.32 Å². The lowest BCUT2D eigenvalue weighted by molar-refractivity contribution is -0.0426. The number of benzene rings is 1. The first-order valence-corrected chi connectivity index (χ1v) is 6.91. The second-order valence-corrected chi connectivity index (χ2v) is 5.09. The van der Waals surface area contributed by atoms with Crippen molar-refractivity contribution < 1.29 is 9.53 Å². The lowest BCUT2D eigenvalue weighted by atomic mass is 10.1. The predicted molar refractivity (Wildman–Crippen MR) is 75.4 cm³/mol. The zero-order valence-corrected chi connectivity index (χ0v) is 12.0. The van der Waals surface area contributed by atoms with E-state index in [1.54, 1.807) is 4.90 Å². The molecule has 1 N–H and O–H groups in total. The molecule has 1 aliphatic heterocycles. The largest absolute Gasteiger partial charge is 0.369 e. The number of amides is 2. The number of carbonyl (C=O) groups excluding carboxylic acids is 1. The molecule has 1 aromatic carbocycles. The van der Waals surface area contributed by atoms with Crippen LogP contribution in [-0.2, 0) is 4.74 Å². The quantitative estimate of drug-likeness (QED) is 0.906. The molecule has 19 heavy (non-hydrogen) atoms. The number of hydrogen-bond acceptors (Lipinski definition) is 2. The van der Waals surface area contributed by atoms with Crippen molar-refractivity contribution in [3.05, 3.63) is 34.9 Å². The summed E-state index contributed by atoms with van der Waals surface area (Å²) in [5.74, 6) is 0. The van der Waals surface area contributed by atoms with Crippen molar-refractivity contribution in [1.82, 2.24) is 10.2 Å². The van der Waals surface area contributed by atoms with Crippen LogP contribution in [0.4, 0.5) is 4.79 Å². The third kappa shape index (κ3) is 3.19. The van der Waals surface area contributed by atoms with Gasteiger partial charge in [0.2, 0.25) is 0 Å². The summed E-state index contributed by atoms with van der Waals surface area (Å²) >= 11 is 6.18. The zero-order chi connectivity index (χ0) is 13.8. The maximum absolute atomic E-state index is 12.0. The number of ether oxygens (including phenoxy) is 1. The summed E-state index contributed by atoms with van der Waals surface area (Å²) in [7, 11) is 0. The molecule has 1 fully saturated rings. The number of hydrogen-bond donors (Lipinski definition) is 1. The number of nitrogens with zero attached hydrogens (tertiary/aromatic N) is 1. The zero-order valence-electron chi connectivity index (χ0n) is 11.2. The average molecular weight is 283 g/mol. The number of nitrogens with one attached hydrogen (secondary N) is 1. The van der Waals surface area contributed by atoms with E-state index in [0.29, 0.717) is 24.7 Å². The number of morpholine rings is 1. The van der Waals surface area contributed by atoms with E-state index in [1.807, 2.05) is 38.1 Å². The Balaban J connectivity index is 2.13. The Morgan fingerprint density at radius 1 is 1.53 bits per heavy atom. The molecule has 1 aliphatic rings. The summed E-state index contributed by atoms with van der Waals surface area (Å²) in [6.07, 6.45) is -0.160. The van der Waals surface area contributed by atoms with E-state index in [1.165, 1.54) is 0 Å². The Labute approximate surface area is 118 Å². The maximum atomic E-state index is 12.0. The molecule has 1 saturated heterocycles. The van der Waals surface area contributed by atoms with Crippen LogP contribution in [0.5, 0.6) is 0 Å². The number of rotatable bonds is 2. The molecule has 0 bridgehead atoms. The molecule has 2 unspecified atom stereocenters. The first-order chi connectivity index (χ1) is 9.13. The summed E-state index contributed by atoms with van der Waals surface area (Å²) in [6.45, 7) is 5.57. The molecular weight excluding hydrogens is 264 g/mol. The molecule has 4 nitrogen and oxygen atoms in total. The van der Waals surface area contributed by atoms with Gasteiger partial charge in [0.05, 0.1) is 19.2 Å². The third-order valence-electron chi connectivity index (χ3n) is 3.27. The van der Waals surface area contributed by atoms with Crippen molar-refractivity contribution in [1.29, 1.82) is 0 Å². The fourth-order valence-corrected chi connectivity index (χ4v) is 2.47. The highest BCUT2D eigenvalue weighted by Crippen LogP contribution is 2.29. The SMILES string of the molecule is CCNC(=O)N1CC(c2ccccc2Cl)OCC1C. The van der Waals surface area contributed by atoms with Gasteiger partial charge in [0.15, 0.2) is 0 Å². The minimum atomic E-state index is -0.160. The highest BCUT2D eigenvalue weighted by atomic mass is 35.5. The van der Waals surface area contributed by atoms with E-state index in [-0.39, 0.29) is 18.2 Å². The van der Waals surface area contributed by atoms with E-state index < -0.39 is 0 Å². The van der Waals surface area contributed by atoms with Gasteiger partial charge in [-0.3, -0.25) is 0 Å². The minimum Gasteiger partial charge on any atom is -0.369 e. The van der Waals surface area contributed by atoms with Gasteiger partial charge in [-0.15, -0.1) is 0 Å². The van der Waals surface area contributed by atoms with Crippen LogP contribution in [0, 0.1) is 0 Å². The van der Waals surface area contributed by atoms with Crippen LogP contribution < -0.4 is 5.32 Å². The topological polar surface area (TPSA) is 41.6 Å². The lowest BCUT2D eigenvalue weighted by Crippen LogP contribution is -2.52. The highest BCUT2D eigenvalue weighted by Gasteiger charge is 2.31. The Morgan fingerprint density at radius 3 is 2.95 bits per heavy atom. The average Bonchev–Trinajstić information content (AvgIpc) is 2.40. The van der Waals surface area contributed by atoms with Crippen LogP contribution in [0.2, 0.25) is 5.02 Å². The van der Waals surface area contributed by atoms with Crippen molar-refractivity contribution in [2.75, 3.05) is 19.7 Å². The van der Waals surface area contributed by atoms with E-state index >= 15 is 0 Å². The van der Waals surface area contributed by atoms with Crippen LogP contribution >= 0.6 is 11.6 Å². The number of carbonyl (C=O) groups is 1. The molecule has 104 valence electrons. The van der Waals surface area contributed by atoms with Gasteiger partial charge >= 0.3 is 6.03 Å². The molecule has 0 aromatic heterocycles. The predicted octanol–water partition coefficient (Wildman–Crippen LogP) is 2.83. The lowest BCUT2D eigenvalue weighted by Gasteiger charge is -2.38. The molecule has 1 heterocycles. The van der Waals surface area contributed by atoms with Crippen molar-refractivity contribution in [2.45, 2.75) is 26.0 Å². The van der Waals surface area contributed by atoms with Gasteiger partial charge in [-0.2, -0.15) is 0 Å². The molecule has 2 rings (SSSR count). The van der Waals surface area contributed by atoms with Crippen molar-refractivity contribution in [3.63, 3.8) is 0 Å². The highest BCUT2D eigenvalue weighted by molar-refractivity contribution is 6.31. The van der Waals surface area contributed by atoms with Gasteiger partial charge in [-0.25, -0.2) is 4.79 Å². The van der Waals surface area contributed by atoms with Gasteiger partial charge in [-0.1, -0.05) is 29.8 Å². The van der Waals surface area contributed by atoms with Crippen LogP contribution in [-0.4, -0.2) is 36.7 Å². The van der Waals surface area contributed by atoms with Crippen LogP contribution in [0.1, 0.15) is 25.5 Å². The van der Waals surface area contributed by atoms with E-state index in [4.69, 9.17) is 16.3 Å². The molecule has 5 heteroatoms. The Hall–Kier alpha value is -1.26. The normalized spacial score (nSPS) is 23.2. The summed E-state index contributed by atoms with van der Waals surface area (Å²) in [4.78, 5) is 13.8. The van der Waals surface area contributed by atoms with Crippen molar-refractivity contribution in [3.8, 4) is 0 Å². The van der Waals surface area contributed by atoms with Crippen molar-refractivity contribution >= 4 is 17.6 Å². The smallest absolute Gasteiger partial charge is 0.317 e. The molecule has 0 saturated carbocycles. The molecule has 0 radical (unpaired) electrons. The van der Waals surface area contributed by atoms with Gasteiger partial charge in [0.1, 0.15) is 6.10 Å². The van der Waals surface area contributed by atoms with Crippen LogP contribution in [0.25, 0.3) is 0 Å². The molecule has 2 amide bonds. The molecule has 0 aliphatic carbocycles. The fraction of sp³-hybridized carbons (Fsp3) is 0.500. The Morgan fingerprint density at radius 2 is 2.26 bits per heavy atom. The first kappa shape index (κ1) is 14.2. The van der Waals surface area contributed by atoms with Crippen LogP contribution in [0.3, 0.4) is 0 Å². The van der Waals surface area contributed by atoms with Gasteiger partial charge in [-0.05, 0) is 19.9 Å². The Kier molecular flexibility index (Phi) is 4.66. The summed E-state index contributed by atoms with van der Waals surface area (Å²) in [5.41, 5.74) is 0.936. The fourth-order valence-electron chi connectivity index (χ4n) is 2.22. The van der Waals surface area contributed by atoms with E-state index in [0.717, 1.165) is 5.56 Å². The monoisotopic (exact) mass is 282 g/mol. The van der Waals surface area contributed by atoms with Gasteiger partial charge in [0.25, 0.3) is 0 Å². The van der Waals surface area contributed by atoms with Gasteiger partial charge in [0, 0.05) is 17.1 Å². The minimum absolute atomic E-state index is 0.0460. The number of urea groups is 1. The van der Waals surface area contributed by atoms with E-state index in [9.17, 15) is 4.79 Å². The standard InChI is InChI=1S/C14H19ClN2O2/c1-3-16-14(18)17-8-13(19-9-10(17)2)11-6-4-5-7-12(11)15/h4-7,10,13H,3,8-9H2,1-2H3,(H,16,18). The second-order valence-electron chi connectivity index (χ2n) is 4.68.